The van der Waals surface area contributed by atoms with Crippen LogP contribution in [0.1, 0.15) is 6.42 Å². The Morgan fingerprint density at radius 1 is 1.00 bits per heavy atom. The van der Waals surface area contributed by atoms with E-state index >= 15 is 0 Å². The van der Waals surface area contributed by atoms with E-state index in [-0.39, 0.29) is 30.4 Å². The maximum absolute atomic E-state index is 12.4. The number of hydrogen-bond acceptors (Lipinski definition) is 5. The molecule has 1 fully saturated rings. The van der Waals surface area contributed by atoms with E-state index in [2.05, 4.69) is 21.3 Å². The Balaban J connectivity index is 1.51. The van der Waals surface area contributed by atoms with E-state index in [1.54, 1.807) is 0 Å². The van der Waals surface area contributed by atoms with Crippen LogP contribution in [0.2, 0.25) is 0 Å². The Morgan fingerprint density at radius 3 is 2.35 bits per heavy atom. The second-order valence-corrected chi connectivity index (χ2v) is 6.22. The molecule has 0 spiro atoms. The Kier molecular flexibility index (Phi) is 5.83. The Hall–Kier alpha value is -2.90. The van der Waals surface area contributed by atoms with Gasteiger partial charge in [0.25, 0.3) is 0 Å². The number of hydrogen-bond donors (Lipinski definition) is 5. The van der Waals surface area contributed by atoms with E-state index in [4.69, 9.17) is 5.73 Å². The standard InChI is InChI=1S/C19H23N5O2/c20-11-18(25)23-16-10-17(21-12-16)19(26)24-15-8-6-14(7-9-15)22-13-4-2-1-3-5-13/h1-9,16-17,21-22H,10-12,20H2,(H,23,25)(H,24,26)/t16-,17+/m1/s1. The minimum absolute atomic E-state index is 0.0449. The maximum atomic E-state index is 12.4. The van der Waals surface area contributed by atoms with E-state index in [1.165, 1.54) is 0 Å². The normalized spacial score (nSPS) is 19.0. The lowest BCUT2D eigenvalue weighted by Crippen LogP contribution is -2.39. The molecule has 1 aliphatic heterocycles. The highest BCUT2D eigenvalue weighted by Crippen LogP contribution is 2.19. The second-order valence-electron chi connectivity index (χ2n) is 6.22. The predicted octanol–water partition coefficient (Wildman–Crippen LogP) is 1.17. The van der Waals surface area contributed by atoms with Crippen LogP contribution in [0.4, 0.5) is 17.1 Å². The molecule has 0 bridgehead atoms. The summed E-state index contributed by atoms with van der Waals surface area (Å²) in [5, 5.41) is 12.1. The molecule has 2 aromatic carbocycles. The number of amides is 2. The molecule has 7 heteroatoms. The number of anilines is 3. The van der Waals surface area contributed by atoms with Crippen molar-refractivity contribution in [2.24, 2.45) is 5.73 Å². The summed E-state index contributed by atoms with van der Waals surface area (Å²) in [6, 6.07) is 17.0. The van der Waals surface area contributed by atoms with Crippen LogP contribution in [0.5, 0.6) is 0 Å². The lowest BCUT2D eigenvalue weighted by Gasteiger charge is -2.13. The fraction of sp³-hybridized carbons (Fsp3) is 0.263. The van der Waals surface area contributed by atoms with Gasteiger partial charge in [-0.05, 0) is 42.8 Å². The number of rotatable bonds is 6. The van der Waals surface area contributed by atoms with Crippen molar-refractivity contribution in [1.82, 2.24) is 10.6 Å². The van der Waals surface area contributed by atoms with Crippen molar-refractivity contribution in [2.75, 3.05) is 23.7 Å². The summed E-state index contributed by atoms with van der Waals surface area (Å²) < 4.78 is 0. The molecule has 7 nitrogen and oxygen atoms in total. The quantitative estimate of drug-likeness (QED) is 0.536. The third-order valence-electron chi connectivity index (χ3n) is 4.21. The van der Waals surface area contributed by atoms with Crippen LogP contribution < -0.4 is 27.0 Å². The number of carbonyl (C=O) groups excluding carboxylic acids is 2. The lowest BCUT2D eigenvalue weighted by atomic mass is 10.1. The van der Waals surface area contributed by atoms with Crippen LogP contribution in [0.3, 0.4) is 0 Å². The molecule has 0 aromatic heterocycles. The van der Waals surface area contributed by atoms with Crippen molar-refractivity contribution < 1.29 is 9.59 Å². The Bertz CT molecular complexity index is 748. The minimum atomic E-state index is -0.333. The molecule has 26 heavy (non-hydrogen) atoms. The van der Waals surface area contributed by atoms with Crippen LogP contribution in [0.15, 0.2) is 54.6 Å². The summed E-state index contributed by atoms with van der Waals surface area (Å²) >= 11 is 0. The first kappa shape index (κ1) is 17.9. The van der Waals surface area contributed by atoms with E-state index in [9.17, 15) is 9.59 Å². The van der Waals surface area contributed by atoms with Gasteiger partial charge in [0.1, 0.15) is 0 Å². The largest absolute Gasteiger partial charge is 0.356 e. The van der Waals surface area contributed by atoms with E-state index in [1.807, 2.05) is 54.6 Å². The average Bonchev–Trinajstić information content (AvgIpc) is 3.12. The number of nitrogens with one attached hydrogen (secondary N) is 4. The van der Waals surface area contributed by atoms with Gasteiger partial charge in [0.2, 0.25) is 11.8 Å². The van der Waals surface area contributed by atoms with Crippen LogP contribution in [-0.2, 0) is 9.59 Å². The van der Waals surface area contributed by atoms with Crippen molar-refractivity contribution in [3.8, 4) is 0 Å². The molecule has 2 atom stereocenters. The Labute approximate surface area is 152 Å². The monoisotopic (exact) mass is 353 g/mol. The van der Waals surface area contributed by atoms with Gasteiger partial charge in [0.15, 0.2) is 0 Å². The minimum Gasteiger partial charge on any atom is -0.356 e. The first-order chi connectivity index (χ1) is 12.6. The summed E-state index contributed by atoms with van der Waals surface area (Å²) in [5.74, 6) is -0.322. The smallest absolute Gasteiger partial charge is 0.241 e. The van der Waals surface area contributed by atoms with Crippen LogP contribution >= 0.6 is 0 Å². The molecule has 0 unspecified atom stereocenters. The van der Waals surface area contributed by atoms with Gasteiger partial charge < -0.3 is 27.0 Å². The predicted molar refractivity (Wildman–Crippen MR) is 102 cm³/mol. The van der Waals surface area contributed by atoms with Crippen LogP contribution in [0.25, 0.3) is 0 Å². The van der Waals surface area contributed by atoms with Crippen LogP contribution in [0, 0.1) is 0 Å². The molecule has 0 saturated carbocycles. The SMILES string of the molecule is NCC(=O)N[C@H]1CN[C@H](C(=O)Nc2ccc(Nc3ccccc3)cc2)C1. The summed E-state index contributed by atoms with van der Waals surface area (Å²) in [7, 11) is 0. The first-order valence-corrected chi connectivity index (χ1v) is 8.60. The van der Waals surface area contributed by atoms with Gasteiger partial charge in [-0.2, -0.15) is 0 Å². The molecule has 2 amide bonds. The average molecular weight is 353 g/mol. The zero-order chi connectivity index (χ0) is 18.4. The molecule has 0 aliphatic carbocycles. The highest BCUT2D eigenvalue weighted by atomic mass is 16.2. The van der Waals surface area contributed by atoms with Gasteiger partial charge in [0, 0.05) is 29.6 Å². The molecule has 136 valence electrons. The summed E-state index contributed by atoms with van der Waals surface area (Å²) in [6.45, 7) is 0.514. The van der Waals surface area contributed by atoms with E-state index in [0.717, 1.165) is 17.1 Å². The van der Waals surface area contributed by atoms with Crippen molar-refractivity contribution in [2.45, 2.75) is 18.5 Å². The van der Waals surface area contributed by atoms with E-state index < -0.39 is 0 Å². The molecular formula is C19H23N5O2. The number of nitrogens with two attached hydrogens (primary N) is 1. The van der Waals surface area contributed by atoms with Crippen molar-refractivity contribution in [3.63, 3.8) is 0 Å². The fourth-order valence-corrected chi connectivity index (χ4v) is 2.89. The van der Waals surface area contributed by atoms with Gasteiger partial charge in [-0.25, -0.2) is 0 Å². The number of para-hydroxylation sites is 1. The van der Waals surface area contributed by atoms with Crippen LogP contribution in [-0.4, -0.2) is 37.0 Å². The van der Waals surface area contributed by atoms with E-state index in [0.29, 0.717) is 13.0 Å². The summed E-state index contributed by atoms with van der Waals surface area (Å²) in [5.41, 5.74) is 7.96. The molecule has 3 rings (SSSR count). The zero-order valence-corrected chi connectivity index (χ0v) is 14.4. The third kappa shape index (κ3) is 4.81. The topological polar surface area (TPSA) is 108 Å². The molecule has 0 radical (unpaired) electrons. The van der Waals surface area contributed by atoms with Gasteiger partial charge in [-0.15, -0.1) is 0 Å². The molecule has 1 saturated heterocycles. The molecule has 1 heterocycles. The Morgan fingerprint density at radius 2 is 1.65 bits per heavy atom. The van der Waals surface area contributed by atoms with Gasteiger partial charge >= 0.3 is 0 Å². The van der Waals surface area contributed by atoms with Crippen molar-refractivity contribution >= 4 is 28.9 Å². The molecule has 1 aliphatic rings. The number of benzene rings is 2. The molecule has 6 N–H and O–H groups in total. The second kappa shape index (κ2) is 8.46. The summed E-state index contributed by atoms with van der Waals surface area (Å²) in [4.78, 5) is 23.7. The third-order valence-corrected chi connectivity index (χ3v) is 4.21. The highest BCUT2D eigenvalue weighted by Gasteiger charge is 2.30. The molecular weight excluding hydrogens is 330 g/mol. The fourth-order valence-electron chi connectivity index (χ4n) is 2.89. The first-order valence-electron chi connectivity index (χ1n) is 8.60. The highest BCUT2D eigenvalue weighted by molar-refractivity contribution is 5.95. The zero-order valence-electron chi connectivity index (χ0n) is 14.4. The number of carbonyl (C=O) groups is 2. The van der Waals surface area contributed by atoms with Crippen molar-refractivity contribution in [1.29, 1.82) is 0 Å². The van der Waals surface area contributed by atoms with Crippen molar-refractivity contribution in [3.05, 3.63) is 54.6 Å². The van der Waals surface area contributed by atoms with Gasteiger partial charge in [-0.1, -0.05) is 18.2 Å². The summed E-state index contributed by atoms with van der Waals surface area (Å²) in [6.07, 6.45) is 0.547. The van der Waals surface area contributed by atoms with Gasteiger partial charge in [-0.3, -0.25) is 9.59 Å². The van der Waals surface area contributed by atoms with Gasteiger partial charge in [0.05, 0.1) is 12.6 Å². The lowest BCUT2D eigenvalue weighted by molar-refractivity contribution is -0.121. The maximum Gasteiger partial charge on any atom is 0.241 e. The molecule has 2 aromatic rings.